The third-order valence-corrected chi connectivity index (χ3v) is 4.85. The van der Waals surface area contributed by atoms with Crippen molar-refractivity contribution in [3.63, 3.8) is 0 Å². The molecule has 9 heteroatoms. The van der Waals surface area contributed by atoms with Gasteiger partial charge in [-0.25, -0.2) is 9.78 Å². The molecule has 2 aliphatic rings. The van der Waals surface area contributed by atoms with Gasteiger partial charge in [-0.05, 0) is 25.0 Å². The van der Waals surface area contributed by atoms with Crippen molar-refractivity contribution >= 4 is 29.6 Å². The Kier molecular flexibility index (Phi) is 6.83. The highest BCUT2D eigenvalue weighted by molar-refractivity contribution is 8.00. The van der Waals surface area contributed by atoms with Crippen LogP contribution in [0.2, 0.25) is 0 Å². The summed E-state index contributed by atoms with van der Waals surface area (Å²) in [6.07, 6.45) is 2.08. The first-order valence-corrected chi connectivity index (χ1v) is 8.70. The van der Waals surface area contributed by atoms with Crippen LogP contribution in [0.3, 0.4) is 0 Å². The molecule has 0 bridgehead atoms. The number of carbonyl (C=O) groups is 2. The Bertz CT molecular complexity index is 594. The van der Waals surface area contributed by atoms with Gasteiger partial charge in [-0.15, -0.1) is 11.8 Å². The highest BCUT2D eigenvalue weighted by Gasteiger charge is 2.22. The van der Waals surface area contributed by atoms with Crippen molar-refractivity contribution in [2.45, 2.75) is 49.3 Å². The lowest BCUT2D eigenvalue weighted by molar-refractivity contribution is -0.113. The van der Waals surface area contributed by atoms with Crippen LogP contribution in [0.15, 0.2) is 17.0 Å². The zero-order valence-corrected chi connectivity index (χ0v) is 13.9. The van der Waals surface area contributed by atoms with E-state index in [2.05, 4.69) is 15.6 Å². The lowest BCUT2D eigenvalue weighted by Gasteiger charge is -2.28. The minimum atomic E-state index is -1.83. The Hall–Kier alpha value is -1.84. The number of fused-ring (bicyclic) bond motifs is 1. The molecule has 24 heavy (non-hydrogen) atoms. The third kappa shape index (κ3) is 5.66. The maximum Gasteiger partial charge on any atom is 0.503 e. The molecule has 2 heterocycles. The van der Waals surface area contributed by atoms with Gasteiger partial charge in [0.2, 0.25) is 5.91 Å². The van der Waals surface area contributed by atoms with Crippen molar-refractivity contribution in [2.24, 2.45) is 0 Å². The molecule has 0 aromatic carbocycles. The summed E-state index contributed by atoms with van der Waals surface area (Å²) < 4.78 is 0. The van der Waals surface area contributed by atoms with E-state index in [0.717, 1.165) is 29.9 Å². The van der Waals surface area contributed by atoms with Crippen LogP contribution in [-0.4, -0.2) is 50.3 Å². The van der Waals surface area contributed by atoms with E-state index < -0.39 is 6.16 Å². The molecule has 0 saturated heterocycles. The van der Waals surface area contributed by atoms with E-state index in [4.69, 9.17) is 15.0 Å². The number of carbonyl (C=O) groups excluding carboxylic acids is 1. The summed E-state index contributed by atoms with van der Waals surface area (Å²) in [7, 11) is 0. The number of aliphatic hydroxyl groups is 1. The van der Waals surface area contributed by atoms with E-state index in [1.807, 2.05) is 12.1 Å². The summed E-state index contributed by atoms with van der Waals surface area (Å²) in [6, 6.07) is 4.14. The van der Waals surface area contributed by atoms with E-state index >= 15 is 0 Å². The minimum absolute atomic E-state index is 0.00260. The molecule has 0 unspecified atom stereocenters. The third-order valence-electron chi connectivity index (χ3n) is 3.81. The molecular formula is C15H21N3O5S. The standard InChI is InChI=1S/C14H19N3O2S.CH2O3/c18-11-4-2-1-3-10(11)15-7-9-5-6-12-14(16-9)17-13(19)8-20-12;2-1(3)4/h5-6,10-11,15,18H,1-4,7-8H2,(H,16,17,19);(H2,2,3,4)/t10-,11-;/m1./s1. The summed E-state index contributed by atoms with van der Waals surface area (Å²) in [5, 5.41) is 30.0. The zero-order chi connectivity index (χ0) is 17.5. The van der Waals surface area contributed by atoms with Crippen molar-refractivity contribution in [3.05, 3.63) is 17.8 Å². The molecular weight excluding hydrogens is 334 g/mol. The first kappa shape index (κ1) is 18.5. The Morgan fingerprint density at radius 3 is 2.75 bits per heavy atom. The van der Waals surface area contributed by atoms with Crippen LogP contribution in [0.4, 0.5) is 10.6 Å². The summed E-state index contributed by atoms with van der Waals surface area (Å²) in [4.78, 5) is 25.4. The number of pyridine rings is 1. The van der Waals surface area contributed by atoms with Gasteiger partial charge in [-0.3, -0.25) is 4.79 Å². The minimum Gasteiger partial charge on any atom is -0.450 e. The van der Waals surface area contributed by atoms with Crippen molar-refractivity contribution in [1.29, 1.82) is 0 Å². The number of hydrogen-bond acceptors (Lipinski definition) is 6. The monoisotopic (exact) mass is 355 g/mol. The van der Waals surface area contributed by atoms with Crippen LogP contribution in [0.25, 0.3) is 0 Å². The van der Waals surface area contributed by atoms with Crippen LogP contribution in [0.5, 0.6) is 0 Å². The number of anilines is 1. The molecule has 0 spiro atoms. The summed E-state index contributed by atoms with van der Waals surface area (Å²) >= 11 is 1.52. The van der Waals surface area contributed by atoms with E-state index in [1.54, 1.807) is 0 Å². The van der Waals surface area contributed by atoms with E-state index in [-0.39, 0.29) is 18.1 Å². The average molecular weight is 355 g/mol. The van der Waals surface area contributed by atoms with E-state index in [0.29, 0.717) is 18.1 Å². The molecule has 2 atom stereocenters. The van der Waals surface area contributed by atoms with Gasteiger partial charge in [0.15, 0.2) is 0 Å². The lowest BCUT2D eigenvalue weighted by Crippen LogP contribution is -2.41. The van der Waals surface area contributed by atoms with Gasteiger partial charge in [-0.2, -0.15) is 0 Å². The van der Waals surface area contributed by atoms with Crippen LogP contribution < -0.4 is 10.6 Å². The summed E-state index contributed by atoms with van der Waals surface area (Å²) in [6.45, 7) is 0.621. The molecule has 1 saturated carbocycles. The molecule has 1 amide bonds. The smallest absolute Gasteiger partial charge is 0.450 e. The Morgan fingerprint density at radius 2 is 2.04 bits per heavy atom. The maximum atomic E-state index is 11.4. The fraction of sp³-hybridized carbons (Fsp3) is 0.533. The number of carboxylic acid groups (broad SMARTS) is 2. The number of aromatic nitrogens is 1. The Morgan fingerprint density at radius 1 is 1.33 bits per heavy atom. The van der Waals surface area contributed by atoms with E-state index in [1.165, 1.54) is 18.2 Å². The molecule has 0 radical (unpaired) electrons. The number of hydrogen-bond donors (Lipinski definition) is 5. The van der Waals surface area contributed by atoms with Crippen molar-refractivity contribution < 1.29 is 24.9 Å². The Balaban J connectivity index is 0.000000471. The number of nitrogens with zero attached hydrogens (tertiary/aromatic N) is 1. The number of thioether (sulfide) groups is 1. The molecule has 1 fully saturated rings. The van der Waals surface area contributed by atoms with Gasteiger partial charge >= 0.3 is 6.16 Å². The largest absolute Gasteiger partial charge is 0.503 e. The van der Waals surface area contributed by atoms with Gasteiger partial charge in [0.05, 0.1) is 22.4 Å². The molecule has 5 N–H and O–H groups in total. The Labute approximate surface area is 143 Å². The number of aliphatic hydroxyl groups excluding tert-OH is 1. The first-order chi connectivity index (χ1) is 11.5. The molecule has 132 valence electrons. The quantitative estimate of drug-likeness (QED) is 0.554. The van der Waals surface area contributed by atoms with Gasteiger partial charge in [0, 0.05) is 12.6 Å². The topological polar surface area (TPSA) is 132 Å². The summed E-state index contributed by atoms with van der Waals surface area (Å²) in [5.74, 6) is 1.12. The molecule has 1 aromatic rings. The van der Waals surface area contributed by atoms with Crippen molar-refractivity contribution in [1.82, 2.24) is 10.3 Å². The highest BCUT2D eigenvalue weighted by atomic mass is 32.2. The predicted octanol–water partition coefficient (Wildman–Crippen LogP) is 1.74. The van der Waals surface area contributed by atoms with Gasteiger partial charge in [0.25, 0.3) is 0 Å². The fourth-order valence-corrected chi connectivity index (χ4v) is 3.44. The zero-order valence-electron chi connectivity index (χ0n) is 13.1. The van der Waals surface area contributed by atoms with Gasteiger partial charge < -0.3 is 26.0 Å². The van der Waals surface area contributed by atoms with Crippen LogP contribution in [0, 0.1) is 0 Å². The van der Waals surface area contributed by atoms with Crippen molar-refractivity contribution in [3.8, 4) is 0 Å². The van der Waals surface area contributed by atoms with Crippen LogP contribution in [0.1, 0.15) is 31.4 Å². The van der Waals surface area contributed by atoms with E-state index in [9.17, 15) is 9.90 Å². The average Bonchev–Trinajstić information content (AvgIpc) is 2.53. The van der Waals surface area contributed by atoms with Gasteiger partial charge in [-0.1, -0.05) is 12.8 Å². The number of nitrogens with one attached hydrogen (secondary N) is 2. The molecule has 8 nitrogen and oxygen atoms in total. The lowest BCUT2D eigenvalue weighted by atomic mass is 9.92. The van der Waals surface area contributed by atoms with Crippen LogP contribution in [-0.2, 0) is 11.3 Å². The molecule has 3 rings (SSSR count). The maximum absolute atomic E-state index is 11.4. The first-order valence-electron chi connectivity index (χ1n) is 7.71. The summed E-state index contributed by atoms with van der Waals surface area (Å²) in [5.41, 5.74) is 0.893. The highest BCUT2D eigenvalue weighted by Crippen LogP contribution is 2.29. The molecule has 1 aromatic heterocycles. The fourth-order valence-electron chi connectivity index (χ4n) is 2.69. The second kappa shape index (κ2) is 8.86. The number of amides is 1. The number of rotatable bonds is 3. The van der Waals surface area contributed by atoms with Crippen LogP contribution >= 0.6 is 11.8 Å². The second-order valence-electron chi connectivity index (χ2n) is 5.61. The second-order valence-corrected chi connectivity index (χ2v) is 6.63. The molecule has 1 aliphatic heterocycles. The van der Waals surface area contributed by atoms with Gasteiger partial charge in [0.1, 0.15) is 5.82 Å². The SMILES string of the molecule is O=C(O)O.O=C1CSc2ccc(CN[C@@H]3CCCC[C@H]3O)nc2N1. The van der Waals surface area contributed by atoms with Crippen molar-refractivity contribution in [2.75, 3.05) is 11.1 Å². The molecule has 1 aliphatic carbocycles. The normalized spacial score (nSPS) is 22.6. The predicted molar refractivity (Wildman–Crippen MR) is 89.3 cm³/mol.